The predicted molar refractivity (Wildman–Crippen MR) is 120 cm³/mol. The second-order valence-electron chi connectivity index (χ2n) is 7.38. The summed E-state index contributed by atoms with van der Waals surface area (Å²) in [6.07, 6.45) is 1.55. The molecule has 0 bridgehead atoms. The quantitative estimate of drug-likeness (QED) is 0.200. The number of hydrogen-bond donors (Lipinski definition) is 0. The van der Waals surface area contributed by atoms with Crippen LogP contribution in [0.4, 0.5) is 0 Å². The van der Waals surface area contributed by atoms with Crippen molar-refractivity contribution in [2.24, 2.45) is 5.92 Å². The van der Waals surface area contributed by atoms with Gasteiger partial charge >= 0.3 is 5.97 Å². The van der Waals surface area contributed by atoms with Crippen LogP contribution < -0.4 is 4.74 Å². The lowest BCUT2D eigenvalue weighted by atomic mass is 9.78. The first-order valence-electron chi connectivity index (χ1n) is 9.86. The monoisotopic (exact) mass is 472 g/mol. The summed E-state index contributed by atoms with van der Waals surface area (Å²) in [4.78, 5) is 26.2. The number of esters is 1. The second kappa shape index (κ2) is 8.00. The van der Waals surface area contributed by atoms with Crippen LogP contribution in [0, 0.1) is 5.92 Å². The molecule has 31 heavy (non-hydrogen) atoms. The number of ether oxygens (including phenoxy) is 1. The van der Waals surface area contributed by atoms with Crippen LogP contribution in [-0.2, 0) is 4.79 Å². The van der Waals surface area contributed by atoms with Gasteiger partial charge in [0.05, 0.1) is 17.7 Å². The summed E-state index contributed by atoms with van der Waals surface area (Å²) in [6.45, 7) is 0. The van der Waals surface area contributed by atoms with E-state index < -0.39 is 17.8 Å². The van der Waals surface area contributed by atoms with Crippen LogP contribution in [0.3, 0.4) is 0 Å². The van der Waals surface area contributed by atoms with Crippen molar-refractivity contribution in [1.82, 2.24) is 0 Å². The zero-order valence-electron chi connectivity index (χ0n) is 16.3. The molecule has 0 radical (unpaired) electrons. The highest BCUT2D eigenvalue weighted by Gasteiger charge is 2.44. The van der Waals surface area contributed by atoms with E-state index >= 15 is 0 Å². The Morgan fingerprint density at radius 2 is 1.45 bits per heavy atom. The van der Waals surface area contributed by atoms with Crippen LogP contribution in [-0.4, -0.2) is 11.8 Å². The van der Waals surface area contributed by atoms with E-state index in [1.165, 1.54) is 0 Å². The molecule has 3 aromatic carbocycles. The van der Waals surface area contributed by atoms with E-state index in [2.05, 4.69) is 15.9 Å². The summed E-state index contributed by atoms with van der Waals surface area (Å²) in [5, 5.41) is 0. The maximum atomic E-state index is 13.3. The van der Waals surface area contributed by atoms with Crippen molar-refractivity contribution in [3.63, 3.8) is 0 Å². The number of carbonyl (C=O) groups is 2. The van der Waals surface area contributed by atoms with Crippen molar-refractivity contribution in [2.75, 3.05) is 0 Å². The zero-order valence-corrected chi connectivity index (χ0v) is 17.9. The van der Waals surface area contributed by atoms with Gasteiger partial charge in [0.2, 0.25) is 0 Å². The van der Waals surface area contributed by atoms with E-state index in [1.54, 1.807) is 42.7 Å². The second-order valence-corrected chi connectivity index (χ2v) is 8.30. The summed E-state index contributed by atoms with van der Waals surface area (Å²) in [6, 6.07) is 26.3. The average Bonchev–Trinajstić information content (AvgIpc) is 3.32. The third-order valence-electron chi connectivity index (χ3n) is 5.53. The molecule has 0 N–H and O–H groups in total. The first-order valence-corrected chi connectivity index (χ1v) is 10.7. The van der Waals surface area contributed by atoms with Gasteiger partial charge in [-0.25, -0.2) is 0 Å². The van der Waals surface area contributed by atoms with Crippen molar-refractivity contribution < 1.29 is 18.7 Å². The van der Waals surface area contributed by atoms with Crippen molar-refractivity contribution in [1.29, 1.82) is 0 Å². The molecule has 0 fully saturated rings. The highest BCUT2D eigenvalue weighted by atomic mass is 79.9. The summed E-state index contributed by atoms with van der Waals surface area (Å²) in [5.74, 6) is -1.57. The SMILES string of the molecule is O=C1Oc2ccccc2C(=O)C1C(c1ccc(-c2ccc(Br)cc2)cc1)c1ccco1. The number of Topliss-reactive ketones (excluding diaryl/α,β-unsaturated/α-hetero) is 1. The highest BCUT2D eigenvalue weighted by molar-refractivity contribution is 9.10. The topological polar surface area (TPSA) is 56.5 Å². The number of rotatable bonds is 4. The Morgan fingerprint density at radius 1 is 0.774 bits per heavy atom. The molecule has 5 heteroatoms. The standard InChI is InChI=1S/C26H17BrO4/c27-19-13-11-17(12-14-19)16-7-9-18(10-8-16)23(22-6-3-15-30-22)24-25(28)20-4-1-2-5-21(20)31-26(24)29/h1-15,23-24H. The minimum absolute atomic E-state index is 0.259. The van der Waals surface area contributed by atoms with E-state index in [0.29, 0.717) is 17.1 Å². The van der Waals surface area contributed by atoms with Gasteiger partial charge in [-0.15, -0.1) is 0 Å². The van der Waals surface area contributed by atoms with Gasteiger partial charge in [0, 0.05) is 4.47 Å². The van der Waals surface area contributed by atoms with Crippen LogP contribution in [0.1, 0.15) is 27.6 Å². The molecule has 5 rings (SSSR count). The first kappa shape index (κ1) is 19.5. The first-order chi connectivity index (χ1) is 15.1. The molecule has 1 aromatic heterocycles. The lowest BCUT2D eigenvalue weighted by Crippen LogP contribution is -2.38. The van der Waals surface area contributed by atoms with Gasteiger partial charge < -0.3 is 9.15 Å². The van der Waals surface area contributed by atoms with Gasteiger partial charge in [0.1, 0.15) is 17.4 Å². The smallest absolute Gasteiger partial charge is 0.323 e. The number of para-hydroxylation sites is 1. The fraction of sp³-hybridized carbons (Fsp3) is 0.0769. The van der Waals surface area contributed by atoms with E-state index in [-0.39, 0.29) is 5.78 Å². The number of furan rings is 1. The molecule has 0 spiro atoms. The van der Waals surface area contributed by atoms with Crippen molar-refractivity contribution in [3.05, 3.63) is 113 Å². The normalized spacial score (nSPS) is 16.5. The minimum Gasteiger partial charge on any atom is -0.469 e. The van der Waals surface area contributed by atoms with Crippen LogP contribution in [0.15, 0.2) is 100 Å². The molecule has 4 aromatic rings. The molecule has 1 aliphatic heterocycles. The number of ketones is 1. The van der Waals surface area contributed by atoms with Crippen molar-refractivity contribution >= 4 is 27.7 Å². The molecule has 0 saturated heterocycles. The molecule has 2 atom stereocenters. The largest absolute Gasteiger partial charge is 0.469 e. The third kappa shape index (κ3) is 3.62. The summed E-state index contributed by atoms with van der Waals surface area (Å²) < 4.78 is 12.2. The molecule has 1 aliphatic rings. The summed E-state index contributed by atoms with van der Waals surface area (Å²) in [5.41, 5.74) is 3.34. The van der Waals surface area contributed by atoms with Crippen LogP contribution in [0.2, 0.25) is 0 Å². The molecular weight excluding hydrogens is 456 g/mol. The van der Waals surface area contributed by atoms with Crippen LogP contribution in [0.25, 0.3) is 11.1 Å². The summed E-state index contributed by atoms with van der Waals surface area (Å²) >= 11 is 3.45. The Balaban J connectivity index is 1.56. The van der Waals surface area contributed by atoms with Gasteiger partial charge in [-0.3, -0.25) is 9.59 Å². The van der Waals surface area contributed by atoms with Crippen molar-refractivity contribution in [3.8, 4) is 16.9 Å². The predicted octanol–water partition coefficient (Wildman–Crippen LogP) is 6.26. The molecule has 2 heterocycles. The van der Waals surface area contributed by atoms with E-state index in [0.717, 1.165) is 21.2 Å². The zero-order chi connectivity index (χ0) is 21.4. The average molecular weight is 473 g/mol. The number of fused-ring (bicyclic) bond motifs is 1. The lowest BCUT2D eigenvalue weighted by molar-refractivity contribution is -0.138. The maximum absolute atomic E-state index is 13.3. The van der Waals surface area contributed by atoms with Gasteiger partial charge in [-0.2, -0.15) is 0 Å². The fourth-order valence-electron chi connectivity index (χ4n) is 4.01. The van der Waals surface area contributed by atoms with Gasteiger partial charge in [-0.05, 0) is 53.1 Å². The lowest BCUT2D eigenvalue weighted by Gasteiger charge is -2.28. The number of carbonyl (C=O) groups excluding carboxylic acids is 2. The molecule has 0 saturated carbocycles. The molecular formula is C26H17BrO4. The number of hydrogen-bond acceptors (Lipinski definition) is 4. The highest BCUT2D eigenvalue weighted by Crippen LogP contribution is 2.40. The van der Waals surface area contributed by atoms with Crippen LogP contribution in [0.5, 0.6) is 5.75 Å². The Bertz CT molecular complexity index is 1240. The molecule has 4 nitrogen and oxygen atoms in total. The Kier molecular flexibility index (Phi) is 5.04. The Morgan fingerprint density at radius 3 is 2.13 bits per heavy atom. The fourth-order valence-corrected chi connectivity index (χ4v) is 4.27. The minimum atomic E-state index is -1.01. The number of halogens is 1. The van der Waals surface area contributed by atoms with Gasteiger partial charge in [0.15, 0.2) is 5.78 Å². The van der Waals surface area contributed by atoms with E-state index in [4.69, 9.17) is 9.15 Å². The van der Waals surface area contributed by atoms with Gasteiger partial charge in [0.25, 0.3) is 0 Å². The molecule has 152 valence electrons. The molecule has 2 unspecified atom stereocenters. The maximum Gasteiger partial charge on any atom is 0.323 e. The van der Waals surface area contributed by atoms with E-state index in [9.17, 15) is 9.59 Å². The van der Waals surface area contributed by atoms with Crippen LogP contribution >= 0.6 is 15.9 Å². The third-order valence-corrected chi connectivity index (χ3v) is 6.06. The number of benzene rings is 3. The summed E-state index contributed by atoms with van der Waals surface area (Å²) in [7, 11) is 0. The molecule has 0 aliphatic carbocycles. The Labute approximate surface area is 187 Å². The van der Waals surface area contributed by atoms with E-state index in [1.807, 2.05) is 48.5 Å². The Hall–Kier alpha value is -3.44. The van der Waals surface area contributed by atoms with Crippen molar-refractivity contribution in [2.45, 2.75) is 5.92 Å². The molecule has 0 amide bonds. The van der Waals surface area contributed by atoms with Gasteiger partial charge in [-0.1, -0.05) is 64.5 Å².